The van der Waals surface area contributed by atoms with Crippen LogP contribution in [0.5, 0.6) is 0 Å². The van der Waals surface area contributed by atoms with Gasteiger partial charge in [0.2, 0.25) is 10.0 Å². The van der Waals surface area contributed by atoms with Gasteiger partial charge in [0.15, 0.2) is 0 Å². The van der Waals surface area contributed by atoms with Gasteiger partial charge in [0.1, 0.15) is 5.69 Å². The standard InChI is InChI=1S/C13H19N3O4S2/c1-22(19,20)16-4-10-2-3-15(6-13(10,7-16)8-17)12(18)11-5-21-9-14-11/h5,9-10,17H,2-4,6-8H2,1H3/t10-,13+/m1/s1. The molecule has 0 aromatic carbocycles. The molecule has 2 saturated heterocycles. The summed E-state index contributed by atoms with van der Waals surface area (Å²) in [7, 11) is -3.28. The van der Waals surface area contributed by atoms with E-state index in [0.717, 1.165) is 0 Å². The molecule has 0 spiro atoms. The Morgan fingerprint density at radius 3 is 2.91 bits per heavy atom. The Bertz CT molecular complexity index is 661. The number of aliphatic hydroxyl groups excluding tert-OH is 1. The lowest BCUT2D eigenvalue weighted by atomic mass is 9.74. The first-order valence-electron chi connectivity index (χ1n) is 7.09. The normalized spacial score (nSPS) is 29.5. The van der Waals surface area contributed by atoms with Crippen molar-refractivity contribution >= 4 is 27.3 Å². The lowest BCUT2D eigenvalue weighted by Crippen LogP contribution is -2.52. The molecule has 1 aromatic heterocycles. The number of likely N-dealkylation sites (tertiary alicyclic amines) is 1. The number of carbonyl (C=O) groups is 1. The predicted molar refractivity (Wildman–Crippen MR) is 82.1 cm³/mol. The summed E-state index contributed by atoms with van der Waals surface area (Å²) < 4.78 is 25.0. The summed E-state index contributed by atoms with van der Waals surface area (Å²) >= 11 is 1.36. The summed E-state index contributed by atoms with van der Waals surface area (Å²) in [5.74, 6) is -0.0583. The van der Waals surface area contributed by atoms with Gasteiger partial charge in [0.25, 0.3) is 5.91 Å². The molecule has 7 nitrogen and oxygen atoms in total. The topological polar surface area (TPSA) is 90.8 Å². The fraction of sp³-hybridized carbons (Fsp3) is 0.692. The highest BCUT2D eigenvalue weighted by Crippen LogP contribution is 2.42. The first kappa shape index (κ1) is 15.9. The van der Waals surface area contributed by atoms with Crippen LogP contribution in [0.15, 0.2) is 10.9 Å². The van der Waals surface area contributed by atoms with Crippen LogP contribution in [0.2, 0.25) is 0 Å². The van der Waals surface area contributed by atoms with E-state index in [2.05, 4.69) is 4.98 Å². The molecule has 2 aliphatic rings. The minimum absolute atomic E-state index is 0.0895. The Balaban J connectivity index is 1.81. The molecule has 2 atom stereocenters. The second kappa shape index (κ2) is 5.55. The van der Waals surface area contributed by atoms with E-state index < -0.39 is 15.4 Å². The minimum atomic E-state index is -3.28. The van der Waals surface area contributed by atoms with Gasteiger partial charge < -0.3 is 10.0 Å². The van der Waals surface area contributed by atoms with Crippen LogP contribution < -0.4 is 0 Å². The second-order valence-electron chi connectivity index (χ2n) is 6.16. The number of hydrogen-bond acceptors (Lipinski definition) is 6. The third kappa shape index (κ3) is 2.66. The van der Waals surface area contributed by atoms with Gasteiger partial charge in [-0.25, -0.2) is 17.7 Å². The molecule has 2 fully saturated rings. The Hall–Kier alpha value is -1.03. The Kier molecular flexibility index (Phi) is 4.00. The fourth-order valence-electron chi connectivity index (χ4n) is 3.47. The summed E-state index contributed by atoms with van der Waals surface area (Å²) in [6, 6.07) is 0. The lowest BCUT2D eigenvalue weighted by molar-refractivity contribution is 0.0127. The van der Waals surface area contributed by atoms with Crippen molar-refractivity contribution in [3.63, 3.8) is 0 Å². The number of carbonyl (C=O) groups excluding carboxylic acids is 1. The zero-order valence-corrected chi connectivity index (χ0v) is 13.9. The van der Waals surface area contributed by atoms with Gasteiger partial charge in [0.05, 0.1) is 18.4 Å². The van der Waals surface area contributed by atoms with Crippen LogP contribution in [-0.2, 0) is 10.0 Å². The summed E-state index contributed by atoms with van der Waals surface area (Å²) in [5.41, 5.74) is 1.46. The maximum absolute atomic E-state index is 12.4. The molecule has 0 radical (unpaired) electrons. The molecule has 122 valence electrons. The molecule has 0 unspecified atom stereocenters. The van der Waals surface area contributed by atoms with E-state index >= 15 is 0 Å². The van der Waals surface area contributed by atoms with Crippen molar-refractivity contribution in [2.75, 3.05) is 39.0 Å². The SMILES string of the molecule is CS(=O)(=O)N1C[C@H]2CCN(C(=O)c3cscn3)C[C@@]2(CO)C1. The molecule has 9 heteroatoms. The van der Waals surface area contributed by atoms with E-state index in [1.165, 1.54) is 21.9 Å². The van der Waals surface area contributed by atoms with Gasteiger partial charge in [-0.15, -0.1) is 11.3 Å². The van der Waals surface area contributed by atoms with Crippen molar-refractivity contribution in [2.45, 2.75) is 6.42 Å². The average molecular weight is 345 g/mol. The zero-order valence-electron chi connectivity index (χ0n) is 12.3. The highest BCUT2D eigenvalue weighted by molar-refractivity contribution is 7.88. The van der Waals surface area contributed by atoms with Crippen molar-refractivity contribution in [2.24, 2.45) is 11.3 Å². The third-order valence-electron chi connectivity index (χ3n) is 4.76. The Morgan fingerprint density at radius 2 is 2.32 bits per heavy atom. The largest absolute Gasteiger partial charge is 0.396 e. The van der Waals surface area contributed by atoms with E-state index in [9.17, 15) is 18.3 Å². The molecular formula is C13H19N3O4S2. The first-order chi connectivity index (χ1) is 10.4. The highest BCUT2D eigenvalue weighted by atomic mass is 32.2. The van der Waals surface area contributed by atoms with Gasteiger partial charge in [0, 0.05) is 37.0 Å². The number of aliphatic hydroxyl groups is 1. The van der Waals surface area contributed by atoms with Crippen molar-refractivity contribution in [3.05, 3.63) is 16.6 Å². The van der Waals surface area contributed by atoms with E-state index in [0.29, 0.717) is 31.7 Å². The fourth-order valence-corrected chi connectivity index (χ4v) is 4.94. The first-order valence-corrected chi connectivity index (χ1v) is 9.88. The van der Waals surface area contributed by atoms with Gasteiger partial charge >= 0.3 is 0 Å². The summed E-state index contributed by atoms with van der Waals surface area (Å²) in [5, 5.41) is 11.6. The molecule has 1 aromatic rings. The smallest absolute Gasteiger partial charge is 0.273 e. The summed E-state index contributed by atoms with van der Waals surface area (Å²) in [6.07, 6.45) is 1.88. The van der Waals surface area contributed by atoms with Crippen LogP contribution in [0.4, 0.5) is 0 Å². The Labute approximate surface area is 133 Å². The molecular weight excluding hydrogens is 326 g/mol. The van der Waals surface area contributed by atoms with E-state index in [1.807, 2.05) is 0 Å². The number of fused-ring (bicyclic) bond motifs is 1. The van der Waals surface area contributed by atoms with Crippen molar-refractivity contribution < 1.29 is 18.3 Å². The monoisotopic (exact) mass is 345 g/mol. The van der Waals surface area contributed by atoms with E-state index in [4.69, 9.17) is 0 Å². The maximum atomic E-state index is 12.4. The number of hydrogen-bond donors (Lipinski definition) is 1. The summed E-state index contributed by atoms with van der Waals surface area (Å²) in [6.45, 7) is 1.52. The molecule has 22 heavy (non-hydrogen) atoms. The van der Waals surface area contributed by atoms with Gasteiger partial charge in [-0.3, -0.25) is 4.79 Å². The Morgan fingerprint density at radius 1 is 1.55 bits per heavy atom. The zero-order chi connectivity index (χ0) is 16.0. The minimum Gasteiger partial charge on any atom is -0.396 e. The van der Waals surface area contributed by atoms with Crippen LogP contribution in [0.3, 0.4) is 0 Å². The van der Waals surface area contributed by atoms with Crippen LogP contribution in [0.25, 0.3) is 0 Å². The number of aromatic nitrogens is 1. The lowest BCUT2D eigenvalue weighted by Gasteiger charge is -2.42. The van der Waals surface area contributed by atoms with Gasteiger partial charge in [-0.2, -0.15) is 0 Å². The molecule has 3 heterocycles. The second-order valence-corrected chi connectivity index (χ2v) is 8.86. The van der Waals surface area contributed by atoms with Crippen LogP contribution >= 0.6 is 11.3 Å². The van der Waals surface area contributed by atoms with Crippen LogP contribution in [0.1, 0.15) is 16.9 Å². The number of amides is 1. The van der Waals surface area contributed by atoms with Crippen molar-refractivity contribution in [3.8, 4) is 0 Å². The molecule has 1 N–H and O–H groups in total. The van der Waals surface area contributed by atoms with E-state index in [-0.39, 0.29) is 25.0 Å². The van der Waals surface area contributed by atoms with Gasteiger partial charge in [-0.1, -0.05) is 0 Å². The number of nitrogens with zero attached hydrogens (tertiary/aromatic N) is 3. The molecule has 2 aliphatic heterocycles. The quantitative estimate of drug-likeness (QED) is 0.823. The van der Waals surface area contributed by atoms with Crippen molar-refractivity contribution in [1.29, 1.82) is 0 Å². The van der Waals surface area contributed by atoms with E-state index in [1.54, 1.807) is 15.8 Å². The molecule has 1 amide bonds. The average Bonchev–Trinajstić information content (AvgIpc) is 3.12. The summed E-state index contributed by atoms with van der Waals surface area (Å²) in [4.78, 5) is 18.2. The number of sulfonamides is 1. The molecule has 0 aliphatic carbocycles. The molecule has 0 bridgehead atoms. The maximum Gasteiger partial charge on any atom is 0.273 e. The third-order valence-corrected chi connectivity index (χ3v) is 6.56. The van der Waals surface area contributed by atoms with Crippen molar-refractivity contribution in [1.82, 2.24) is 14.2 Å². The number of piperidine rings is 1. The van der Waals surface area contributed by atoms with Gasteiger partial charge in [-0.05, 0) is 12.3 Å². The number of rotatable bonds is 3. The predicted octanol–water partition coefficient (Wildman–Crippen LogP) is -0.141. The van der Waals surface area contributed by atoms with Crippen LogP contribution in [0, 0.1) is 11.3 Å². The molecule has 0 saturated carbocycles. The number of thiazole rings is 1. The molecule has 3 rings (SSSR count). The highest BCUT2D eigenvalue weighted by Gasteiger charge is 2.52. The van der Waals surface area contributed by atoms with Crippen LogP contribution in [-0.4, -0.2) is 72.7 Å².